The van der Waals surface area contributed by atoms with Gasteiger partial charge in [0.2, 0.25) is 5.91 Å². The van der Waals surface area contributed by atoms with Gasteiger partial charge in [0.05, 0.1) is 22.4 Å². The smallest absolute Gasteiger partial charge is 0.335 e. The summed E-state index contributed by atoms with van der Waals surface area (Å²) in [5.41, 5.74) is 2.96. The van der Waals surface area contributed by atoms with Crippen LogP contribution < -0.4 is 10.8 Å². The van der Waals surface area contributed by atoms with Crippen molar-refractivity contribution in [2.75, 3.05) is 11.9 Å². The monoisotopic (exact) mass is 312 g/mol. The van der Waals surface area contributed by atoms with Crippen LogP contribution in [0.1, 0.15) is 36.0 Å². The van der Waals surface area contributed by atoms with Gasteiger partial charge in [0.25, 0.3) is 0 Å². The lowest BCUT2D eigenvalue weighted by molar-refractivity contribution is -0.119. The molecular weight excluding hydrogens is 296 g/mol. The number of hydroxylamine groups is 1. The van der Waals surface area contributed by atoms with Crippen LogP contribution >= 0.6 is 11.6 Å². The Labute approximate surface area is 127 Å². The molecule has 0 spiro atoms. The van der Waals surface area contributed by atoms with Gasteiger partial charge in [-0.15, -0.1) is 0 Å². The number of aromatic carboxylic acids is 1. The van der Waals surface area contributed by atoms with Crippen molar-refractivity contribution in [2.45, 2.75) is 31.8 Å². The van der Waals surface area contributed by atoms with Crippen LogP contribution in [0.4, 0.5) is 5.69 Å². The number of hydrogen-bond donors (Lipinski definition) is 3. The number of halogens is 1. The van der Waals surface area contributed by atoms with Crippen molar-refractivity contribution in [1.29, 1.82) is 0 Å². The molecule has 1 aromatic carbocycles. The molecule has 1 aliphatic rings. The minimum atomic E-state index is -1.08. The third kappa shape index (κ3) is 4.70. The highest BCUT2D eigenvalue weighted by molar-refractivity contribution is 6.33. The number of carbonyl (C=O) groups is 2. The van der Waals surface area contributed by atoms with E-state index in [1.165, 1.54) is 18.2 Å². The third-order valence-corrected chi connectivity index (χ3v) is 3.60. The van der Waals surface area contributed by atoms with E-state index < -0.39 is 5.97 Å². The molecule has 0 bridgehead atoms. The van der Waals surface area contributed by atoms with Crippen LogP contribution in [0.15, 0.2) is 18.2 Å². The van der Waals surface area contributed by atoms with E-state index >= 15 is 0 Å². The minimum absolute atomic E-state index is 0.0237. The summed E-state index contributed by atoms with van der Waals surface area (Å²) in [6, 6.07) is 4.13. The van der Waals surface area contributed by atoms with E-state index in [-0.39, 0.29) is 34.8 Å². The molecule has 1 saturated carbocycles. The fraction of sp³-hybridized carbons (Fsp3) is 0.429. The summed E-state index contributed by atoms with van der Waals surface area (Å²) < 4.78 is 0. The lowest BCUT2D eigenvalue weighted by Crippen LogP contribution is -2.31. The van der Waals surface area contributed by atoms with E-state index in [0.717, 1.165) is 25.7 Å². The topological polar surface area (TPSA) is 87.7 Å². The van der Waals surface area contributed by atoms with E-state index in [1.54, 1.807) is 0 Å². The molecule has 6 nitrogen and oxygen atoms in total. The fourth-order valence-corrected chi connectivity index (χ4v) is 2.34. The van der Waals surface area contributed by atoms with Crippen molar-refractivity contribution in [2.24, 2.45) is 0 Å². The first-order valence-corrected chi connectivity index (χ1v) is 7.15. The summed E-state index contributed by atoms with van der Waals surface area (Å²) in [6.07, 6.45) is 4.46. The number of hydrogen-bond acceptors (Lipinski definition) is 4. The number of carboxylic acid groups (broad SMARTS) is 1. The molecule has 114 valence electrons. The Balaban J connectivity index is 1.84. The van der Waals surface area contributed by atoms with Gasteiger partial charge in [-0.05, 0) is 31.0 Å². The maximum Gasteiger partial charge on any atom is 0.335 e. The van der Waals surface area contributed by atoms with Crippen molar-refractivity contribution in [1.82, 2.24) is 5.48 Å². The van der Waals surface area contributed by atoms with Gasteiger partial charge in [-0.2, -0.15) is 5.48 Å². The van der Waals surface area contributed by atoms with Crippen LogP contribution in [0, 0.1) is 0 Å². The number of amides is 1. The van der Waals surface area contributed by atoms with Crippen LogP contribution in [0.25, 0.3) is 0 Å². The van der Waals surface area contributed by atoms with Crippen molar-refractivity contribution in [3.8, 4) is 0 Å². The second-order valence-electron chi connectivity index (χ2n) is 4.89. The zero-order chi connectivity index (χ0) is 15.2. The first kappa shape index (κ1) is 15.8. The van der Waals surface area contributed by atoms with Crippen LogP contribution in [-0.4, -0.2) is 29.6 Å². The summed E-state index contributed by atoms with van der Waals surface area (Å²) in [5.74, 6) is -1.43. The first-order chi connectivity index (χ1) is 10.1. The quantitative estimate of drug-likeness (QED) is 0.702. The molecule has 0 aliphatic heterocycles. The standard InChI is InChI=1S/C14H17ClN2O4/c15-11-6-5-9(14(19)20)7-12(11)17-13(18)8-16-21-10-3-1-2-4-10/h5-7,10,16H,1-4,8H2,(H,17,18)(H,19,20). The SMILES string of the molecule is O=C(CNOC1CCCC1)Nc1cc(C(=O)O)ccc1Cl. The molecule has 21 heavy (non-hydrogen) atoms. The predicted octanol–water partition coefficient (Wildman–Crippen LogP) is 2.44. The number of rotatable bonds is 6. The van der Waals surface area contributed by atoms with Gasteiger partial charge in [-0.3, -0.25) is 9.63 Å². The molecule has 0 heterocycles. The van der Waals surface area contributed by atoms with Gasteiger partial charge in [0.1, 0.15) is 6.54 Å². The maximum atomic E-state index is 11.8. The van der Waals surface area contributed by atoms with Crippen molar-refractivity contribution < 1.29 is 19.5 Å². The molecule has 1 fully saturated rings. The normalized spacial score (nSPS) is 15.1. The van der Waals surface area contributed by atoms with Crippen LogP contribution in [0.3, 0.4) is 0 Å². The molecule has 7 heteroatoms. The Morgan fingerprint density at radius 3 is 2.71 bits per heavy atom. The molecular formula is C14H17ClN2O4. The summed E-state index contributed by atoms with van der Waals surface area (Å²) in [5, 5.41) is 11.7. The molecule has 1 aliphatic carbocycles. The average Bonchev–Trinajstić information content (AvgIpc) is 2.94. The molecule has 0 unspecified atom stereocenters. The number of carbonyl (C=O) groups excluding carboxylic acids is 1. The van der Waals surface area contributed by atoms with Crippen molar-refractivity contribution in [3.05, 3.63) is 28.8 Å². The second-order valence-corrected chi connectivity index (χ2v) is 5.30. The zero-order valence-corrected chi connectivity index (χ0v) is 12.2. The molecule has 2 rings (SSSR count). The average molecular weight is 313 g/mol. The minimum Gasteiger partial charge on any atom is -0.478 e. The number of anilines is 1. The fourth-order valence-electron chi connectivity index (χ4n) is 2.18. The molecule has 3 N–H and O–H groups in total. The van der Waals surface area contributed by atoms with Gasteiger partial charge in [0, 0.05) is 0 Å². The van der Waals surface area contributed by atoms with Gasteiger partial charge < -0.3 is 10.4 Å². The summed E-state index contributed by atoms with van der Waals surface area (Å²) in [6.45, 7) is -0.0237. The lowest BCUT2D eigenvalue weighted by atomic mass is 10.2. The van der Waals surface area contributed by atoms with Crippen molar-refractivity contribution in [3.63, 3.8) is 0 Å². The lowest BCUT2D eigenvalue weighted by Gasteiger charge is -2.12. The molecule has 0 radical (unpaired) electrons. The molecule has 1 amide bonds. The Morgan fingerprint density at radius 1 is 1.33 bits per heavy atom. The van der Waals surface area contributed by atoms with E-state index in [0.29, 0.717) is 0 Å². The summed E-state index contributed by atoms with van der Waals surface area (Å²) >= 11 is 5.92. The van der Waals surface area contributed by atoms with E-state index in [1.807, 2.05) is 0 Å². The Bertz CT molecular complexity index is 530. The highest BCUT2D eigenvalue weighted by Crippen LogP contribution is 2.23. The van der Waals surface area contributed by atoms with Gasteiger partial charge in [-0.25, -0.2) is 4.79 Å². The molecule has 0 atom stereocenters. The number of nitrogens with one attached hydrogen (secondary N) is 2. The van der Waals surface area contributed by atoms with Crippen LogP contribution in [0.5, 0.6) is 0 Å². The maximum absolute atomic E-state index is 11.8. The summed E-state index contributed by atoms with van der Waals surface area (Å²) in [4.78, 5) is 28.0. The van der Waals surface area contributed by atoms with E-state index in [4.69, 9.17) is 21.5 Å². The number of carboxylic acids is 1. The highest BCUT2D eigenvalue weighted by atomic mass is 35.5. The molecule has 0 saturated heterocycles. The Morgan fingerprint density at radius 2 is 2.05 bits per heavy atom. The highest BCUT2D eigenvalue weighted by Gasteiger charge is 2.16. The predicted molar refractivity (Wildman–Crippen MR) is 78.4 cm³/mol. The zero-order valence-electron chi connectivity index (χ0n) is 11.4. The third-order valence-electron chi connectivity index (χ3n) is 3.27. The Kier molecular flexibility index (Phi) is 5.55. The number of benzene rings is 1. The van der Waals surface area contributed by atoms with Crippen LogP contribution in [-0.2, 0) is 9.63 Å². The molecule has 0 aromatic heterocycles. The van der Waals surface area contributed by atoms with E-state index in [2.05, 4.69) is 10.8 Å². The van der Waals surface area contributed by atoms with Crippen LogP contribution in [0.2, 0.25) is 5.02 Å². The van der Waals surface area contributed by atoms with Gasteiger partial charge in [0.15, 0.2) is 0 Å². The molecule has 1 aromatic rings. The summed E-state index contributed by atoms with van der Waals surface area (Å²) in [7, 11) is 0. The van der Waals surface area contributed by atoms with Gasteiger partial charge in [-0.1, -0.05) is 24.4 Å². The van der Waals surface area contributed by atoms with Gasteiger partial charge >= 0.3 is 5.97 Å². The van der Waals surface area contributed by atoms with E-state index in [9.17, 15) is 9.59 Å². The largest absolute Gasteiger partial charge is 0.478 e. The van der Waals surface area contributed by atoms with Crippen molar-refractivity contribution >= 4 is 29.2 Å². The second kappa shape index (κ2) is 7.40. The first-order valence-electron chi connectivity index (χ1n) is 6.77. The Hall–Kier alpha value is -1.63.